The molecular weight excluding hydrogens is 151 g/mol. The first-order valence-corrected chi connectivity index (χ1v) is 0. The van der Waals surface area contributed by atoms with Gasteiger partial charge in [-0.25, -0.2) is 0 Å². The summed E-state index contributed by atoms with van der Waals surface area (Å²) in [5.74, 6) is 0. The Morgan fingerprint density at radius 2 is 0.500 bits per heavy atom. The molecule has 0 aliphatic heterocycles. The molecule has 8 heavy (non-hydrogen) atoms. The van der Waals surface area contributed by atoms with E-state index in [1.807, 2.05) is 0 Å². The zero-order valence-corrected chi connectivity index (χ0v) is 7.50. The van der Waals surface area contributed by atoms with Crippen LogP contribution in [0.2, 0.25) is 0 Å². The van der Waals surface area contributed by atoms with Crippen molar-refractivity contribution in [3.8, 4) is 0 Å². The van der Waals surface area contributed by atoms with Gasteiger partial charge in [-0.2, -0.15) is 13.5 Å². The number of hydrogen-bond donors (Lipinski definition) is 0. The molecular formula is H15NaO6S. The number of rotatable bonds is 0. The maximum atomic E-state index is 0. The topological polar surface area (TPSA) is 189 Å². The number of hydrogen-bond acceptors (Lipinski definition) is 0. The summed E-state index contributed by atoms with van der Waals surface area (Å²) < 4.78 is 0. The van der Waals surface area contributed by atoms with Crippen LogP contribution in [0.5, 0.6) is 0 Å². The minimum Gasteiger partial charge on any atom is -1.00 e. The first kappa shape index (κ1) is 486. The van der Waals surface area contributed by atoms with E-state index in [1.54, 1.807) is 0 Å². The van der Waals surface area contributed by atoms with Crippen molar-refractivity contribution in [2.45, 2.75) is 0 Å². The molecule has 0 unspecified atom stereocenters. The fraction of sp³-hybridized carbons (Fsp3) is 0. The molecule has 0 saturated heterocycles. The molecule has 0 bridgehead atoms. The van der Waals surface area contributed by atoms with E-state index in [0.29, 0.717) is 0 Å². The predicted octanol–water partition coefficient (Wildman–Crippen LogP) is -7.72. The molecule has 0 aliphatic carbocycles. The van der Waals surface area contributed by atoms with Gasteiger partial charge in [0.2, 0.25) is 0 Å². The Kier molecular flexibility index (Phi) is 20200. The smallest absolute Gasteiger partial charge is 1.00 e. The van der Waals surface area contributed by atoms with Crippen molar-refractivity contribution >= 4 is 13.5 Å². The molecule has 0 aliphatic rings. The predicted molar refractivity (Wildman–Crippen MR) is 33.2 cm³/mol. The van der Waals surface area contributed by atoms with E-state index in [0.717, 1.165) is 0 Å². The molecule has 0 saturated carbocycles. The van der Waals surface area contributed by atoms with Gasteiger partial charge in [-0.15, -0.1) is 0 Å². The van der Waals surface area contributed by atoms with Crippen molar-refractivity contribution in [1.29, 1.82) is 0 Å². The van der Waals surface area contributed by atoms with Crippen LogP contribution in [0.25, 0.3) is 0 Å². The van der Waals surface area contributed by atoms with Crippen molar-refractivity contribution in [2.24, 2.45) is 0 Å². The second kappa shape index (κ2) is 333. The van der Waals surface area contributed by atoms with Crippen LogP contribution in [-0.4, -0.2) is 32.9 Å². The summed E-state index contributed by atoms with van der Waals surface area (Å²) in [7, 11) is 0. The van der Waals surface area contributed by atoms with E-state index in [9.17, 15) is 0 Å². The Morgan fingerprint density at radius 3 is 0.500 bits per heavy atom. The van der Waals surface area contributed by atoms with Crippen LogP contribution < -0.4 is 29.6 Å². The first-order valence-electron chi connectivity index (χ1n) is 0. The molecule has 0 rings (SSSR count). The summed E-state index contributed by atoms with van der Waals surface area (Å²) in [6.45, 7) is 0. The van der Waals surface area contributed by atoms with Gasteiger partial charge < -0.3 is 34.3 Å². The summed E-state index contributed by atoms with van der Waals surface area (Å²) in [5, 5.41) is 0. The van der Waals surface area contributed by atoms with Crippen LogP contribution >= 0.6 is 13.5 Å². The maximum Gasteiger partial charge on any atom is 1.00 e. The Bertz CT molecular complexity index is 13.0. The van der Waals surface area contributed by atoms with E-state index >= 15 is 0 Å². The maximum absolute atomic E-state index is 0. The van der Waals surface area contributed by atoms with Gasteiger partial charge in [-0.3, -0.25) is 0 Å². The zero-order valence-electron chi connectivity index (χ0n) is 5.50. The van der Waals surface area contributed by atoms with E-state index < -0.39 is 0 Å². The van der Waals surface area contributed by atoms with Crippen molar-refractivity contribution in [1.82, 2.24) is 0 Å². The standard InChI is InChI=1S/Na.6H2O.H2S.H/h;7*1H2;/q+1;;;;;;;;-1. The van der Waals surface area contributed by atoms with Gasteiger partial charge in [-0.05, 0) is 0 Å². The third-order valence-corrected chi connectivity index (χ3v) is 0. The quantitative estimate of drug-likeness (QED) is 0.309. The molecule has 0 heterocycles. The Balaban J connectivity index is 0. The molecule has 6 nitrogen and oxygen atoms in total. The van der Waals surface area contributed by atoms with E-state index in [2.05, 4.69) is 0 Å². The minimum absolute atomic E-state index is 0. The summed E-state index contributed by atoms with van der Waals surface area (Å²) >= 11 is 0. The van der Waals surface area contributed by atoms with Crippen LogP contribution in [0.3, 0.4) is 0 Å². The monoisotopic (exact) mass is 166 g/mol. The van der Waals surface area contributed by atoms with Crippen LogP contribution in [0, 0.1) is 0 Å². The molecule has 0 aromatic carbocycles. The Morgan fingerprint density at radius 1 is 0.500 bits per heavy atom. The fourth-order valence-electron chi connectivity index (χ4n) is 0. The molecule has 12 N–H and O–H groups in total. The summed E-state index contributed by atoms with van der Waals surface area (Å²) in [5.41, 5.74) is 0. The van der Waals surface area contributed by atoms with Gasteiger partial charge in [0.05, 0.1) is 0 Å². The Labute approximate surface area is 77.3 Å². The SMILES string of the molecule is O.O.O.O.O.O.S.[H-].[Na+]. The van der Waals surface area contributed by atoms with Crippen molar-refractivity contribution in [3.05, 3.63) is 0 Å². The average molecular weight is 166 g/mol. The summed E-state index contributed by atoms with van der Waals surface area (Å²) in [6.07, 6.45) is 0. The van der Waals surface area contributed by atoms with Gasteiger partial charge >= 0.3 is 29.6 Å². The van der Waals surface area contributed by atoms with Crippen LogP contribution in [-0.2, 0) is 0 Å². The third-order valence-electron chi connectivity index (χ3n) is 0. The van der Waals surface area contributed by atoms with Gasteiger partial charge in [0.15, 0.2) is 0 Å². The molecule has 0 spiro atoms. The molecule has 0 atom stereocenters. The molecule has 58 valence electrons. The third kappa shape index (κ3) is 215. The van der Waals surface area contributed by atoms with E-state index in [-0.39, 0.29) is 77.3 Å². The van der Waals surface area contributed by atoms with E-state index in [4.69, 9.17) is 0 Å². The van der Waals surface area contributed by atoms with Gasteiger partial charge in [0, 0.05) is 0 Å². The molecule has 0 aromatic heterocycles. The van der Waals surface area contributed by atoms with Crippen molar-refractivity contribution < 1.29 is 63.8 Å². The fourth-order valence-corrected chi connectivity index (χ4v) is 0. The van der Waals surface area contributed by atoms with Gasteiger partial charge in [0.25, 0.3) is 0 Å². The molecule has 0 radical (unpaired) electrons. The molecule has 8 heteroatoms. The minimum atomic E-state index is 0. The van der Waals surface area contributed by atoms with Crippen molar-refractivity contribution in [3.63, 3.8) is 0 Å². The second-order valence-electron chi connectivity index (χ2n) is 0. The average Bonchev–Trinajstić information content (AvgIpc) is 0. The largest absolute Gasteiger partial charge is 1.00 e. The van der Waals surface area contributed by atoms with Crippen molar-refractivity contribution in [2.75, 3.05) is 0 Å². The molecule has 0 aromatic rings. The normalized spacial score (nSPS) is 0. The second-order valence-corrected chi connectivity index (χ2v) is 0. The Hall–Kier alpha value is 1.11. The summed E-state index contributed by atoms with van der Waals surface area (Å²) in [4.78, 5) is 0. The van der Waals surface area contributed by atoms with Crippen LogP contribution in [0.4, 0.5) is 0 Å². The molecule has 0 fully saturated rings. The first-order chi connectivity index (χ1) is 0. The van der Waals surface area contributed by atoms with E-state index in [1.165, 1.54) is 0 Å². The van der Waals surface area contributed by atoms with Gasteiger partial charge in [0.1, 0.15) is 0 Å². The van der Waals surface area contributed by atoms with Gasteiger partial charge in [-0.1, -0.05) is 0 Å². The van der Waals surface area contributed by atoms with Crippen LogP contribution in [0.1, 0.15) is 1.43 Å². The van der Waals surface area contributed by atoms with Crippen LogP contribution in [0.15, 0.2) is 0 Å². The zero-order chi connectivity index (χ0) is 0. The summed E-state index contributed by atoms with van der Waals surface area (Å²) in [6, 6.07) is 0. The molecule has 0 amide bonds.